The van der Waals surface area contributed by atoms with Crippen molar-refractivity contribution in [1.29, 1.82) is 0 Å². The number of ketones is 1. The summed E-state index contributed by atoms with van der Waals surface area (Å²) in [5.41, 5.74) is 0.387. The maximum absolute atomic E-state index is 11.6. The quantitative estimate of drug-likeness (QED) is 0.706. The van der Waals surface area contributed by atoms with Gasteiger partial charge in [-0.05, 0) is 19.1 Å². The molecular weight excluding hydrogens is 182 g/mol. The van der Waals surface area contributed by atoms with E-state index in [9.17, 15) is 9.59 Å². The average molecular weight is 191 g/mol. The Balaban J connectivity index is 2.44. The van der Waals surface area contributed by atoms with E-state index in [1.807, 2.05) is 0 Å². The number of ether oxygens (including phenoxy) is 1. The van der Waals surface area contributed by atoms with Crippen LogP contribution in [0.5, 0.6) is 0 Å². The predicted molar refractivity (Wildman–Crippen MR) is 49.1 cm³/mol. The van der Waals surface area contributed by atoms with Crippen molar-refractivity contribution in [2.75, 3.05) is 6.61 Å². The monoisotopic (exact) mass is 191 g/mol. The molecule has 0 unspecified atom stereocenters. The van der Waals surface area contributed by atoms with Gasteiger partial charge in [0.25, 0.3) is 5.91 Å². The number of aromatic nitrogens is 1. The van der Waals surface area contributed by atoms with Crippen molar-refractivity contribution in [3.63, 3.8) is 0 Å². The van der Waals surface area contributed by atoms with Crippen LogP contribution in [0.1, 0.15) is 22.2 Å². The van der Waals surface area contributed by atoms with E-state index in [1.54, 1.807) is 25.3 Å². The number of rotatable bonds is 2. The van der Waals surface area contributed by atoms with Crippen molar-refractivity contribution >= 4 is 11.7 Å². The van der Waals surface area contributed by atoms with Gasteiger partial charge in [0.1, 0.15) is 0 Å². The third-order valence-electron chi connectivity index (χ3n) is 1.99. The fourth-order valence-electron chi connectivity index (χ4n) is 1.39. The number of carbonyl (C=O) groups is 2. The first-order chi connectivity index (χ1) is 6.74. The van der Waals surface area contributed by atoms with Gasteiger partial charge < -0.3 is 4.74 Å². The van der Waals surface area contributed by atoms with Crippen LogP contribution in [0.15, 0.2) is 30.2 Å². The molecule has 2 heterocycles. The Kier molecular flexibility index (Phi) is 1.96. The summed E-state index contributed by atoms with van der Waals surface area (Å²) < 4.78 is 6.36. The van der Waals surface area contributed by atoms with E-state index >= 15 is 0 Å². The zero-order valence-corrected chi connectivity index (χ0v) is 7.69. The Morgan fingerprint density at radius 2 is 2.21 bits per heavy atom. The molecule has 4 heteroatoms. The molecule has 0 spiro atoms. The third-order valence-corrected chi connectivity index (χ3v) is 1.99. The van der Waals surface area contributed by atoms with Crippen molar-refractivity contribution in [3.8, 4) is 0 Å². The highest BCUT2D eigenvalue weighted by Gasteiger charge is 2.25. The zero-order valence-electron chi connectivity index (χ0n) is 7.69. The number of carbonyl (C=O) groups excluding carboxylic acids is 2. The summed E-state index contributed by atoms with van der Waals surface area (Å²) in [5.74, 6) is -0.370. The van der Waals surface area contributed by atoms with Crippen LogP contribution in [-0.2, 0) is 4.74 Å². The van der Waals surface area contributed by atoms with Crippen molar-refractivity contribution in [2.45, 2.75) is 6.92 Å². The van der Waals surface area contributed by atoms with Crippen LogP contribution in [0.2, 0.25) is 0 Å². The van der Waals surface area contributed by atoms with Crippen LogP contribution in [0.3, 0.4) is 0 Å². The van der Waals surface area contributed by atoms with Crippen LogP contribution >= 0.6 is 0 Å². The maximum Gasteiger partial charge on any atom is 0.297 e. The smallest absolute Gasteiger partial charge is 0.297 e. The van der Waals surface area contributed by atoms with Crippen LogP contribution in [-0.4, -0.2) is 22.9 Å². The molecule has 0 N–H and O–H groups in total. The van der Waals surface area contributed by atoms with Gasteiger partial charge in [-0.2, -0.15) is 0 Å². The second-order valence-electron chi connectivity index (χ2n) is 2.87. The largest absolute Gasteiger partial charge is 0.488 e. The second kappa shape index (κ2) is 3.14. The minimum absolute atomic E-state index is 0.112. The number of allylic oxidation sites excluding steroid dienone is 2. The number of fused-ring (bicyclic) bond motifs is 1. The number of hydrogen-bond donors (Lipinski definition) is 0. The molecule has 1 aliphatic heterocycles. The zero-order chi connectivity index (χ0) is 10.1. The lowest BCUT2D eigenvalue weighted by Crippen LogP contribution is -2.24. The molecule has 72 valence electrons. The van der Waals surface area contributed by atoms with Crippen LogP contribution in [0.25, 0.3) is 0 Å². The fourth-order valence-corrected chi connectivity index (χ4v) is 1.39. The first kappa shape index (κ1) is 8.74. The Morgan fingerprint density at radius 3 is 2.93 bits per heavy atom. The van der Waals surface area contributed by atoms with Gasteiger partial charge in [0.15, 0.2) is 5.76 Å². The number of hydrogen-bond acceptors (Lipinski definition) is 3. The van der Waals surface area contributed by atoms with E-state index in [0.717, 1.165) is 0 Å². The molecule has 0 fully saturated rings. The molecule has 0 aliphatic carbocycles. The summed E-state index contributed by atoms with van der Waals surface area (Å²) in [6.07, 6.45) is 2.79. The lowest BCUT2D eigenvalue weighted by molar-refractivity contribution is 0.0807. The summed E-state index contributed by atoms with van der Waals surface area (Å²) in [6.45, 7) is 2.14. The molecule has 2 rings (SSSR count). The average Bonchev–Trinajstić information content (AvgIpc) is 2.63. The molecule has 0 amide bonds. The van der Waals surface area contributed by atoms with E-state index in [-0.39, 0.29) is 17.4 Å². The van der Waals surface area contributed by atoms with E-state index in [2.05, 4.69) is 0 Å². The Labute approximate surface area is 80.8 Å². The van der Waals surface area contributed by atoms with Gasteiger partial charge >= 0.3 is 0 Å². The molecular formula is C10H9NO3. The minimum Gasteiger partial charge on any atom is -0.488 e. The molecule has 0 aromatic carbocycles. The van der Waals surface area contributed by atoms with E-state index in [0.29, 0.717) is 12.3 Å². The Morgan fingerprint density at radius 1 is 1.43 bits per heavy atom. The molecule has 1 aromatic heterocycles. The summed E-state index contributed by atoms with van der Waals surface area (Å²) >= 11 is 0. The third kappa shape index (κ3) is 1.16. The van der Waals surface area contributed by atoms with Gasteiger partial charge in [-0.3, -0.25) is 14.2 Å². The van der Waals surface area contributed by atoms with E-state index in [1.165, 1.54) is 10.6 Å². The molecule has 1 aliphatic rings. The first-order valence-electron chi connectivity index (χ1n) is 4.35. The van der Waals surface area contributed by atoms with Gasteiger partial charge in [-0.25, -0.2) is 0 Å². The van der Waals surface area contributed by atoms with E-state index in [4.69, 9.17) is 4.74 Å². The standard InChI is InChI=1S/C10H9NO3/c1-2-14-9-6-8(12)7-4-3-5-11(7)10(9)13/h3-6H,2H2,1H3. The highest BCUT2D eigenvalue weighted by molar-refractivity contribution is 6.14. The maximum atomic E-state index is 11.6. The van der Waals surface area contributed by atoms with Crippen LogP contribution in [0.4, 0.5) is 0 Å². The topological polar surface area (TPSA) is 48.3 Å². The summed E-state index contributed by atoms with van der Waals surface area (Å²) in [5, 5.41) is 0. The van der Waals surface area contributed by atoms with Crippen molar-refractivity contribution < 1.29 is 14.3 Å². The van der Waals surface area contributed by atoms with Crippen LogP contribution in [0, 0.1) is 0 Å². The van der Waals surface area contributed by atoms with Gasteiger partial charge in [0.05, 0.1) is 12.3 Å². The molecule has 0 radical (unpaired) electrons. The molecule has 4 nitrogen and oxygen atoms in total. The van der Waals surface area contributed by atoms with Gasteiger partial charge in [0.2, 0.25) is 5.78 Å². The van der Waals surface area contributed by atoms with E-state index < -0.39 is 0 Å². The summed E-state index contributed by atoms with van der Waals surface area (Å²) in [4.78, 5) is 23.1. The van der Waals surface area contributed by atoms with Crippen LogP contribution < -0.4 is 0 Å². The molecule has 0 bridgehead atoms. The summed E-state index contributed by atoms with van der Waals surface area (Å²) in [6, 6.07) is 3.27. The molecule has 14 heavy (non-hydrogen) atoms. The fraction of sp³-hybridized carbons (Fsp3) is 0.200. The van der Waals surface area contributed by atoms with Crippen molar-refractivity contribution in [3.05, 3.63) is 35.9 Å². The Hall–Kier alpha value is -1.84. The molecule has 0 saturated carbocycles. The summed E-state index contributed by atoms with van der Waals surface area (Å²) in [7, 11) is 0. The minimum atomic E-state index is -0.286. The first-order valence-corrected chi connectivity index (χ1v) is 4.35. The lowest BCUT2D eigenvalue weighted by atomic mass is 10.2. The Bertz CT molecular complexity index is 428. The lowest BCUT2D eigenvalue weighted by Gasteiger charge is -2.14. The molecule has 1 aromatic rings. The molecule has 0 atom stereocenters. The highest BCUT2D eigenvalue weighted by Crippen LogP contribution is 2.15. The predicted octanol–water partition coefficient (Wildman–Crippen LogP) is 1.25. The molecule has 0 saturated heterocycles. The normalized spacial score (nSPS) is 15.1. The van der Waals surface area contributed by atoms with Crippen molar-refractivity contribution in [2.24, 2.45) is 0 Å². The van der Waals surface area contributed by atoms with Gasteiger partial charge in [-0.15, -0.1) is 0 Å². The number of nitrogens with zero attached hydrogens (tertiary/aromatic N) is 1. The van der Waals surface area contributed by atoms with Gasteiger partial charge in [-0.1, -0.05) is 0 Å². The second-order valence-corrected chi connectivity index (χ2v) is 2.87. The SMILES string of the molecule is CCOC1=CC(=O)c2cccn2C1=O. The van der Waals surface area contributed by atoms with Gasteiger partial charge in [0, 0.05) is 12.3 Å². The van der Waals surface area contributed by atoms with Crippen molar-refractivity contribution in [1.82, 2.24) is 4.57 Å². The highest BCUT2D eigenvalue weighted by atomic mass is 16.5.